The van der Waals surface area contributed by atoms with Crippen LogP contribution in [0.15, 0.2) is 0 Å². The Morgan fingerprint density at radius 2 is 2.00 bits per heavy atom. The van der Waals surface area contributed by atoms with Crippen molar-refractivity contribution < 1.29 is 0 Å². The Labute approximate surface area is 143 Å². The summed E-state index contributed by atoms with van der Waals surface area (Å²) in [6.07, 6.45) is 6.41. The minimum atomic E-state index is -0.116. The molecule has 2 heterocycles. The Hall–Kier alpha value is -0.200. The quantitative estimate of drug-likeness (QED) is 0.750. The van der Waals surface area contributed by atoms with Crippen molar-refractivity contribution in [2.24, 2.45) is 11.7 Å². The lowest BCUT2D eigenvalue weighted by atomic mass is 9.71. The topological polar surface area (TPSA) is 47.8 Å². The van der Waals surface area contributed by atoms with Crippen molar-refractivity contribution in [2.75, 3.05) is 33.4 Å². The number of rotatable bonds is 7. The van der Waals surface area contributed by atoms with E-state index in [9.17, 15) is 0 Å². The highest BCUT2D eigenvalue weighted by molar-refractivity contribution is 5.06. The first-order chi connectivity index (χ1) is 11.0. The molecule has 2 saturated heterocycles. The van der Waals surface area contributed by atoms with E-state index in [4.69, 9.17) is 5.73 Å². The van der Waals surface area contributed by atoms with Gasteiger partial charge in [0.15, 0.2) is 0 Å². The molecule has 0 radical (unpaired) electrons. The van der Waals surface area contributed by atoms with Crippen molar-refractivity contribution in [1.82, 2.24) is 20.2 Å². The summed E-state index contributed by atoms with van der Waals surface area (Å²) in [6.45, 7) is 13.4. The summed E-state index contributed by atoms with van der Waals surface area (Å²) in [5, 5.41) is 8.72. The summed E-state index contributed by atoms with van der Waals surface area (Å²) < 4.78 is 0. The van der Waals surface area contributed by atoms with E-state index in [-0.39, 0.29) is 5.54 Å². The van der Waals surface area contributed by atoms with Crippen LogP contribution in [-0.2, 0) is 0 Å². The van der Waals surface area contributed by atoms with Gasteiger partial charge < -0.3 is 10.6 Å². The van der Waals surface area contributed by atoms with Crippen molar-refractivity contribution in [3.63, 3.8) is 0 Å². The van der Waals surface area contributed by atoms with Gasteiger partial charge >= 0.3 is 0 Å². The van der Waals surface area contributed by atoms with Gasteiger partial charge in [0.25, 0.3) is 0 Å². The van der Waals surface area contributed by atoms with Gasteiger partial charge in [-0.05, 0) is 45.7 Å². The van der Waals surface area contributed by atoms with Crippen LogP contribution in [0.2, 0.25) is 0 Å². The van der Waals surface area contributed by atoms with Gasteiger partial charge in [-0.1, -0.05) is 33.6 Å². The highest BCUT2D eigenvalue weighted by Gasteiger charge is 2.49. The van der Waals surface area contributed by atoms with E-state index in [2.05, 4.69) is 55.0 Å². The van der Waals surface area contributed by atoms with E-state index in [1.165, 1.54) is 32.1 Å². The van der Waals surface area contributed by atoms with Crippen molar-refractivity contribution >= 4 is 0 Å². The number of hydrazine groups is 1. The smallest absolute Gasteiger partial charge is 0.0717 e. The van der Waals surface area contributed by atoms with Crippen LogP contribution >= 0.6 is 0 Å². The molecular weight excluding hydrogens is 286 g/mol. The largest absolute Gasteiger partial charge is 0.322 e. The molecule has 0 aromatic heterocycles. The Morgan fingerprint density at radius 3 is 2.61 bits per heavy atom. The fraction of sp³-hybridized carbons (Fsp3) is 1.00. The van der Waals surface area contributed by atoms with Crippen LogP contribution in [0.25, 0.3) is 0 Å². The van der Waals surface area contributed by atoms with Gasteiger partial charge in [0, 0.05) is 24.7 Å². The lowest BCUT2D eigenvalue weighted by Crippen LogP contribution is -2.71. The molecule has 0 bridgehead atoms. The van der Waals surface area contributed by atoms with Gasteiger partial charge in [-0.3, -0.25) is 5.32 Å². The van der Waals surface area contributed by atoms with Crippen LogP contribution in [0.1, 0.15) is 59.8 Å². The Morgan fingerprint density at radius 1 is 1.26 bits per heavy atom. The molecule has 2 rings (SSSR count). The van der Waals surface area contributed by atoms with E-state index >= 15 is 0 Å². The fourth-order valence-electron chi connectivity index (χ4n) is 4.78. The van der Waals surface area contributed by atoms with Crippen molar-refractivity contribution in [3.8, 4) is 0 Å². The molecule has 0 aromatic rings. The predicted octanol–water partition coefficient (Wildman–Crippen LogP) is 2.05. The average Bonchev–Trinajstić information content (AvgIpc) is 2.86. The molecule has 0 aliphatic carbocycles. The third-order valence-electron chi connectivity index (χ3n) is 5.98. The highest BCUT2D eigenvalue weighted by Crippen LogP contribution is 2.36. The molecule has 3 N–H and O–H groups in total. The molecule has 0 amide bonds. The number of hydrogen-bond donors (Lipinski definition) is 2. The molecule has 2 aliphatic heterocycles. The first-order valence-corrected chi connectivity index (χ1v) is 9.71. The zero-order chi connectivity index (χ0) is 17.0. The summed E-state index contributed by atoms with van der Waals surface area (Å²) in [7, 11) is 2.23. The van der Waals surface area contributed by atoms with Crippen LogP contribution in [0.3, 0.4) is 0 Å². The molecule has 5 nitrogen and oxygen atoms in total. The molecule has 4 atom stereocenters. The average molecular weight is 326 g/mol. The van der Waals surface area contributed by atoms with E-state index in [1.54, 1.807) is 0 Å². The maximum absolute atomic E-state index is 7.18. The van der Waals surface area contributed by atoms with E-state index in [1.807, 2.05) is 0 Å². The number of nitrogens with one attached hydrogen (secondary N) is 1. The molecule has 5 heteroatoms. The molecule has 4 unspecified atom stereocenters. The van der Waals surface area contributed by atoms with Crippen molar-refractivity contribution in [3.05, 3.63) is 0 Å². The minimum Gasteiger partial charge on any atom is -0.322 e. The summed E-state index contributed by atoms with van der Waals surface area (Å²) in [4.78, 5) is 2.44. The fourth-order valence-corrected chi connectivity index (χ4v) is 4.78. The number of likely N-dealkylation sites (N-methyl/N-ethyl adjacent to an activating group) is 1. The maximum Gasteiger partial charge on any atom is 0.0717 e. The maximum atomic E-state index is 7.18. The van der Waals surface area contributed by atoms with E-state index in [0.717, 1.165) is 26.3 Å². The lowest BCUT2D eigenvalue weighted by molar-refractivity contribution is -0.0948. The van der Waals surface area contributed by atoms with Crippen LogP contribution in [0.4, 0.5) is 0 Å². The van der Waals surface area contributed by atoms with E-state index < -0.39 is 0 Å². The summed E-state index contributed by atoms with van der Waals surface area (Å²) >= 11 is 0. The second-order valence-electron chi connectivity index (χ2n) is 7.69. The highest BCUT2D eigenvalue weighted by atomic mass is 15.7. The van der Waals surface area contributed by atoms with Crippen LogP contribution in [0, 0.1) is 5.92 Å². The first-order valence-electron chi connectivity index (χ1n) is 9.71. The second kappa shape index (κ2) is 8.26. The molecule has 0 aromatic carbocycles. The van der Waals surface area contributed by atoms with Crippen molar-refractivity contribution in [1.29, 1.82) is 0 Å². The van der Waals surface area contributed by atoms with Gasteiger partial charge in [0.05, 0.1) is 12.8 Å². The van der Waals surface area contributed by atoms with E-state index in [0.29, 0.717) is 18.1 Å². The van der Waals surface area contributed by atoms with Gasteiger partial charge in [0.2, 0.25) is 0 Å². The normalized spacial score (nSPS) is 35.7. The third kappa shape index (κ3) is 3.90. The van der Waals surface area contributed by atoms with Gasteiger partial charge in [-0.25, -0.2) is 10.0 Å². The van der Waals surface area contributed by atoms with Gasteiger partial charge in [-0.15, -0.1) is 0 Å². The number of nitrogens with two attached hydrogens (primary N) is 1. The summed E-state index contributed by atoms with van der Waals surface area (Å²) in [5.41, 5.74) is 7.06. The Kier molecular flexibility index (Phi) is 6.87. The zero-order valence-corrected chi connectivity index (χ0v) is 16.0. The predicted molar refractivity (Wildman–Crippen MR) is 97.8 cm³/mol. The molecule has 0 saturated carbocycles. The number of piperidine rings is 1. The minimum absolute atomic E-state index is 0.116. The molecular formula is C18H39N5. The molecule has 2 aliphatic rings. The first kappa shape index (κ1) is 19.1. The molecule has 23 heavy (non-hydrogen) atoms. The second-order valence-corrected chi connectivity index (χ2v) is 7.69. The summed E-state index contributed by atoms with van der Waals surface area (Å²) in [6, 6.07) is 0.444. The number of likely N-dealkylation sites (tertiary alicyclic amines) is 1. The molecule has 0 spiro atoms. The molecule has 2 fully saturated rings. The third-order valence-corrected chi connectivity index (χ3v) is 5.98. The Balaban J connectivity index is 2.25. The number of nitrogens with zero attached hydrogens (tertiary/aromatic N) is 3. The number of hydrogen-bond acceptors (Lipinski definition) is 5. The SMILES string of the molecule is CCCC(CC)C1(N)CN(C)CCC1N1CNC(C)N1CCC. The zero-order valence-electron chi connectivity index (χ0n) is 16.0. The standard InChI is InChI=1S/C18H39N5/c1-6-9-16(8-3)18(19)13-21(5)12-10-17(18)23-14-20-15(4)22(23)11-7-2/h15-17,20H,6-14,19H2,1-5H3. The molecule has 136 valence electrons. The Bertz CT molecular complexity index is 363. The summed E-state index contributed by atoms with van der Waals surface area (Å²) in [5.74, 6) is 0.597. The van der Waals surface area contributed by atoms with Gasteiger partial charge in [0.1, 0.15) is 0 Å². The van der Waals surface area contributed by atoms with Gasteiger partial charge in [-0.2, -0.15) is 0 Å². The van der Waals surface area contributed by atoms with Crippen LogP contribution < -0.4 is 11.1 Å². The van der Waals surface area contributed by atoms with Crippen molar-refractivity contribution in [2.45, 2.75) is 77.5 Å². The monoisotopic (exact) mass is 325 g/mol. The lowest BCUT2D eigenvalue weighted by Gasteiger charge is -2.53. The van der Waals surface area contributed by atoms with Crippen LogP contribution in [-0.4, -0.2) is 66.0 Å². The van der Waals surface area contributed by atoms with Crippen LogP contribution in [0.5, 0.6) is 0 Å².